The molecule has 2 rings (SSSR count). The minimum absolute atomic E-state index is 0.241. The number of imidazole rings is 1. The first-order chi connectivity index (χ1) is 10.8. The summed E-state index contributed by atoms with van der Waals surface area (Å²) in [5.41, 5.74) is -0.399. The quantitative estimate of drug-likeness (QED) is 0.726. The van der Waals surface area contributed by atoms with Gasteiger partial charge in [0.15, 0.2) is 11.2 Å². The molecule has 0 aliphatic carbocycles. The standard InChI is InChI=1S/C15H22N4O4/c1-10(20)6-4-5-7-18-9-16-13-12(18)14(22)19(8-11(2)21)15(23)17(13)3/h9-10,20H,4-8H2,1-3H3. The van der Waals surface area contributed by atoms with Crippen molar-refractivity contribution in [3.05, 3.63) is 27.2 Å². The van der Waals surface area contributed by atoms with E-state index >= 15 is 0 Å². The number of hydrogen-bond acceptors (Lipinski definition) is 5. The van der Waals surface area contributed by atoms with E-state index in [2.05, 4.69) is 4.98 Å². The second-order valence-electron chi connectivity index (χ2n) is 5.89. The van der Waals surface area contributed by atoms with E-state index in [-0.39, 0.29) is 18.4 Å². The molecule has 0 saturated carbocycles. The highest BCUT2D eigenvalue weighted by Crippen LogP contribution is 2.09. The van der Waals surface area contributed by atoms with Gasteiger partial charge in [-0.15, -0.1) is 0 Å². The van der Waals surface area contributed by atoms with Gasteiger partial charge < -0.3 is 9.67 Å². The van der Waals surface area contributed by atoms with Gasteiger partial charge in [-0.2, -0.15) is 0 Å². The van der Waals surface area contributed by atoms with Crippen molar-refractivity contribution in [3.8, 4) is 0 Å². The number of hydrogen-bond donors (Lipinski definition) is 1. The molecule has 23 heavy (non-hydrogen) atoms. The van der Waals surface area contributed by atoms with E-state index in [9.17, 15) is 19.5 Å². The summed E-state index contributed by atoms with van der Waals surface area (Å²) in [6, 6.07) is 0. The maximum Gasteiger partial charge on any atom is 0.332 e. The number of aliphatic hydroxyl groups is 1. The molecule has 126 valence electrons. The molecule has 8 heteroatoms. The molecule has 0 spiro atoms. The van der Waals surface area contributed by atoms with Crippen molar-refractivity contribution in [2.45, 2.75) is 52.3 Å². The molecule has 1 atom stereocenters. The molecule has 0 amide bonds. The first-order valence-electron chi connectivity index (χ1n) is 7.65. The van der Waals surface area contributed by atoms with Crippen LogP contribution < -0.4 is 11.2 Å². The average molecular weight is 322 g/mol. The second-order valence-corrected chi connectivity index (χ2v) is 5.89. The molecule has 2 aromatic rings. The number of aromatic nitrogens is 4. The van der Waals surface area contributed by atoms with Crippen LogP contribution in [0.3, 0.4) is 0 Å². The smallest absolute Gasteiger partial charge is 0.332 e. The molecule has 2 heterocycles. The fraction of sp³-hybridized carbons (Fsp3) is 0.600. The number of Topliss-reactive ketones (excluding diaryl/α,β-unsaturated/α-hetero) is 1. The summed E-state index contributed by atoms with van der Waals surface area (Å²) in [5.74, 6) is -0.258. The summed E-state index contributed by atoms with van der Waals surface area (Å²) in [4.78, 5) is 40.2. The molecule has 0 aliphatic rings. The zero-order chi connectivity index (χ0) is 17.1. The van der Waals surface area contributed by atoms with Crippen molar-refractivity contribution in [1.82, 2.24) is 18.7 Å². The van der Waals surface area contributed by atoms with Gasteiger partial charge in [0.25, 0.3) is 5.56 Å². The van der Waals surface area contributed by atoms with E-state index in [0.29, 0.717) is 24.1 Å². The van der Waals surface area contributed by atoms with E-state index in [1.807, 2.05) is 0 Å². The fourth-order valence-electron chi connectivity index (χ4n) is 2.58. The molecule has 8 nitrogen and oxygen atoms in total. The van der Waals surface area contributed by atoms with Crippen LogP contribution in [0, 0.1) is 0 Å². The lowest BCUT2D eigenvalue weighted by Crippen LogP contribution is -2.41. The molecule has 0 saturated heterocycles. The van der Waals surface area contributed by atoms with Crippen LogP contribution in [0.2, 0.25) is 0 Å². The van der Waals surface area contributed by atoms with Gasteiger partial charge in [0, 0.05) is 13.6 Å². The largest absolute Gasteiger partial charge is 0.393 e. The van der Waals surface area contributed by atoms with Gasteiger partial charge in [-0.1, -0.05) is 0 Å². The number of fused-ring (bicyclic) bond motifs is 1. The average Bonchev–Trinajstić information content (AvgIpc) is 2.89. The fourth-order valence-corrected chi connectivity index (χ4v) is 2.58. The van der Waals surface area contributed by atoms with Crippen molar-refractivity contribution in [2.75, 3.05) is 0 Å². The van der Waals surface area contributed by atoms with Crippen LogP contribution in [-0.4, -0.2) is 35.7 Å². The van der Waals surface area contributed by atoms with Crippen molar-refractivity contribution in [1.29, 1.82) is 0 Å². The molecule has 0 fully saturated rings. The highest BCUT2D eigenvalue weighted by Gasteiger charge is 2.16. The van der Waals surface area contributed by atoms with Gasteiger partial charge in [0.1, 0.15) is 5.78 Å². The second kappa shape index (κ2) is 6.91. The minimum Gasteiger partial charge on any atom is -0.393 e. The summed E-state index contributed by atoms with van der Waals surface area (Å²) in [5, 5.41) is 9.27. The Hall–Kier alpha value is -2.22. The number of aliphatic hydroxyl groups excluding tert-OH is 1. The number of ketones is 1. The first kappa shape index (κ1) is 17.1. The summed E-state index contributed by atoms with van der Waals surface area (Å²) in [6.45, 7) is 3.40. The zero-order valence-electron chi connectivity index (χ0n) is 13.7. The van der Waals surface area contributed by atoms with Crippen LogP contribution in [-0.2, 0) is 24.9 Å². The summed E-state index contributed by atoms with van der Waals surface area (Å²) >= 11 is 0. The van der Waals surface area contributed by atoms with Gasteiger partial charge in [-0.05, 0) is 33.1 Å². The molecule has 2 aromatic heterocycles. The lowest BCUT2D eigenvalue weighted by Gasteiger charge is -2.09. The zero-order valence-corrected chi connectivity index (χ0v) is 13.7. The Bertz CT molecular complexity index is 828. The highest BCUT2D eigenvalue weighted by atomic mass is 16.3. The van der Waals surface area contributed by atoms with E-state index in [1.165, 1.54) is 24.9 Å². The van der Waals surface area contributed by atoms with Crippen molar-refractivity contribution in [2.24, 2.45) is 7.05 Å². The molecule has 0 aliphatic heterocycles. The third kappa shape index (κ3) is 3.58. The summed E-state index contributed by atoms with van der Waals surface area (Å²) in [7, 11) is 1.53. The normalized spacial score (nSPS) is 12.7. The molecule has 1 N–H and O–H groups in total. The van der Waals surface area contributed by atoms with E-state index in [0.717, 1.165) is 17.4 Å². The maximum atomic E-state index is 12.6. The molecular weight excluding hydrogens is 300 g/mol. The predicted molar refractivity (Wildman–Crippen MR) is 85.4 cm³/mol. The molecule has 0 radical (unpaired) electrons. The predicted octanol–water partition coefficient (Wildman–Crippen LogP) is 0.0368. The van der Waals surface area contributed by atoms with Gasteiger partial charge in [-0.3, -0.25) is 18.7 Å². The van der Waals surface area contributed by atoms with E-state index in [1.54, 1.807) is 11.5 Å². The van der Waals surface area contributed by atoms with Crippen LogP contribution in [0.5, 0.6) is 0 Å². The Labute approximate surface area is 133 Å². The third-order valence-corrected chi connectivity index (χ3v) is 3.75. The lowest BCUT2D eigenvalue weighted by atomic mass is 10.2. The van der Waals surface area contributed by atoms with Gasteiger partial charge in [0.05, 0.1) is 19.0 Å². The van der Waals surface area contributed by atoms with Crippen molar-refractivity contribution >= 4 is 16.9 Å². The van der Waals surface area contributed by atoms with Gasteiger partial charge in [-0.25, -0.2) is 9.78 Å². The van der Waals surface area contributed by atoms with Crippen molar-refractivity contribution in [3.63, 3.8) is 0 Å². The Morgan fingerprint density at radius 3 is 2.65 bits per heavy atom. The Kier molecular flexibility index (Phi) is 5.15. The van der Waals surface area contributed by atoms with Gasteiger partial charge in [0.2, 0.25) is 0 Å². The summed E-state index contributed by atoms with van der Waals surface area (Å²) in [6.07, 6.45) is 3.49. The first-order valence-corrected chi connectivity index (χ1v) is 7.65. The molecule has 0 bridgehead atoms. The SMILES string of the molecule is CC(=O)Cn1c(=O)c2c(ncn2CCCCC(C)O)n(C)c1=O. The number of rotatable bonds is 7. The van der Waals surface area contributed by atoms with Crippen LogP contribution in [0.4, 0.5) is 0 Å². The highest BCUT2D eigenvalue weighted by molar-refractivity contribution is 5.76. The molecule has 0 aromatic carbocycles. The van der Waals surface area contributed by atoms with Crippen LogP contribution in [0.15, 0.2) is 15.9 Å². The minimum atomic E-state index is -0.544. The Morgan fingerprint density at radius 2 is 2.04 bits per heavy atom. The van der Waals surface area contributed by atoms with E-state index < -0.39 is 11.2 Å². The van der Waals surface area contributed by atoms with Crippen LogP contribution in [0.1, 0.15) is 33.1 Å². The number of nitrogens with zero attached hydrogens (tertiary/aromatic N) is 4. The monoisotopic (exact) mass is 322 g/mol. The number of unbranched alkanes of at least 4 members (excludes halogenated alkanes) is 1. The lowest BCUT2D eigenvalue weighted by molar-refractivity contribution is -0.117. The number of carbonyl (C=O) groups is 1. The number of carbonyl (C=O) groups excluding carboxylic acids is 1. The molecular formula is C15H22N4O4. The maximum absolute atomic E-state index is 12.6. The van der Waals surface area contributed by atoms with Crippen LogP contribution >= 0.6 is 0 Å². The summed E-state index contributed by atoms with van der Waals surface area (Å²) < 4.78 is 3.93. The Morgan fingerprint density at radius 1 is 1.35 bits per heavy atom. The number of aryl methyl sites for hydroxylation is 2. The topological polar surface area (TPSA) is 99.1 Å². The van der Waals surface area contributed by atoms with Crippen LogP contribution in [0.25, 0.3) is 11.2 Å². The van der Waals surface area contributed by atoms with Crippen molar-refractivity contribution < 1.29 is 9.90 Å². The van der Waals surface area contributed by atoms with E-state index in [4.69, 9.17) is 0 Å². The Balaban J connectivity index is 2.41. The third-order valence-electron chi connectivity index (χ3n) is 3.75. The van der Waals surface area contributed by atoms with Gasteiger partial charge >= 0.3 is 5.69 Å². The molecule has 1 unspecified atom stereocenters.